The molecule has 21 heavy (non-hydrogen) atoms. The van der Waals surface area contributed by atoms with E-state index >= 15 is 0 Å². The summed E-state index contributed by atoms with van der Waals surface area (Å²) in [4.78, 5) is 23.4. The molecule has 1 amide bonds. The average molecular weight is 296 g/mol. The second-order valence-electron chi connectivity index (χ2n) is 4.23. The Hall–Kier alpha value is -2.49. The van der Waals surface area contributed by atoms with Crippen LogP contribution >= 0.6 is 0 Å². The molecule has 1 rings (SSSR count). The highest BCUT2D eigenvalue weighted by Gasteiger charge is 2.22. The van der Waals surface area contributed by atoms with Crippen molar-refractivity contribution in [3.63, 3.8) is 0 Å². The number of nitriles is 1. The van der Waals surface area contributed by atoms with Gasteiger partial charge < -0.3 is 10.1 Å². The Morgan fingerprint density at radius 2 is 2.10 bits per heavy atom. The van der Waals surface area contributed by atoms with Gasteiger partial charge in [0, 0.05) is 12.0 Å². The number of rotatable bonds is 6. The summed E-state index contributed by atoms with van der Waals surface area (Å²) >= 11 is 0. The molecule has 0 heterocycles. The first-order chi connectivity index (χ1) is 9.99. The molecule has 0 aliphatic carbocycles. The van der Waals surface area contributed by atoms with Gasteiger partial charge in [-0.25, -0.2) is 13.6 Å². The number of amides is 1. The van der Waals surface area contributed by atoms with Crippen LogP contribution in [0.2, 0.25) is 0 Å². The predicted octanol–water partition coefficient (Wildman–Crippen LogP) is 1.93. The molecule has 7 heteroatoms. The fourth-order valence-corrected chi connectivity index (χ4v) is 1.66. The summed E-state index contributed by atoms with van der Waals surface area (Å²) in [6.07, 6.45) is 0.846. The second kappa shape index (κ2) is 7.94. The number of unbranched alkanes of at least 4 members (excludes halogenated alkanes) is 1. The van der Waals surface area contributed by atoms with Crippen LogP contribution in [0.5, 0.6) is 0 Å². The number of halogens is 2. The van der Waals surface area contributed by atoms with Crippen LogP contribution in [0.15, 0.2) is 18.2 Å². The molecule has 112 valence electrons. The van der Waals surface area contributed by atoms with Crippen LogP contribution in [0.4, 0.5) is 8.78 Å². The fourth-order valence-electron chi connectivity index (χ4n) is 1.66. The van der Waals surface area contributed by atoms with E-state index in [9.17, 15) is 18.4 Å². The molecule has 0 saturated heterocycles. The molecule has 0 unspecified atom stereocenters. The third-order valence-electron chi connectivity index (χ3n) is 2.75. The third kappa shape index (κ3) is 4.84. The molecule has 1 N–H and O–H groups in total. The van der Waals surface area contributed by atoms with Crippen molar-refractivity contribution in [2.75, 3.05) is 7.11 Å². The molecule has 5 nitrogen and oxygen atoms in total. The average Bonchev–Trinajstić information content (AvgIpc) is 2.48. The first-order valence-electron chi connectivity index (χ1n) is 6.20. The Balaban J connectivity index is 2.77. The van der Waals surface area contributed by atoms with Crippen molar-refractivity contribution in [2.24, 2.45) is 0 Å². The quantitative estimate of drug-likeness (QED) is 0.642. The Kier molecular flexibility index (Phi) is 6.27. The Morgan fingerprint density at radius 3 is 2.67 bits per heavy atom. The maximum Gasteiger partial charge on any atom is 0.328 e. The molecule has 0 aliphatic heterocycles. The first kappa shape index (κ1) is 16.6. The van der Waals surface area contributed by atoms with Gasteiger partial charge in [-0.1, -0.05) is 0 Å². The van der Waals surface area contributed by atoms with E-state index in [1.807, 2.05) is 6.07 Å². The zero-order valence-corrected chi connectivity index (χ0v) is 11.4. The number of hydrogen-bond acceptors (Lipinski definition) is 4. The van der Waals surface area contributed by atoms with E-state index in [4.69, 9.17) is 5.26 Å². The fraction of sp³-hybridized carbons (Fsp3) is 0.357. The van der Waals surface area contributed by atoms with Crippen molar-refractivity contribution >= 4 is 11.9 Å². The highest BCUT2D eigenvalue weighted by Crippen LogP contribution is 2.10. The van der Waals surface area contributed by atoms with Crippen molar-refractivity contribution in [1.82, 2.24) is 5.32 Å². The summed E-state index contributed by atoms with van der Waals surface area (Å²) in [6, 6.07) is 3.66. The SMILES string of the molecule is COC(=O)[C@H](CCCC#N)NC(=O)c1ccc(F)c(F)c1. The van der Waals surface area contributed by atoms with E-state index in [1.165, 1.54) is 7.11 Å². The second-order valence-corrected chi connectivity index (χ2v) is 4.23. The van der Waals surface area contributed by atoms with Crippen molar-refractivity contribution < 1.29 is 23.1 Å². The van der Waals surface area contributed by atoms with E-state index in [0.29, 0.717) is 6.42 Å². The van der Waals surface area contributed by atoms with Gasteiger partial charge in [-0.15, -0.1) is 0 Å². The zero-order chi connectivity index (χ0) is 15.8. The minimum absolute atomic E-state index is 0.108. The maximum atomic E-state index is 13.1. The van der Waals surface area contributed by atoms with Crippen LogP contribution in [0.3, 0.4) is 0 Å². The van der Waals surface area contributed by atoms with Gasteiger partial charge in [0.05, 0.1) is 13.2 Å². The molecular weight excluding hydrogens is 282 g/mol. The lowest BCUT2D eigenvalue weighted by molar-refractivity contribution is -0.143. The lowest BCUT2D eigenvalue weighted by Crippen LogP contribution is -2.41. The number of ether oxygens (including phenoxy) is 1. The highest BCUT2D eigenvalue weighted by molar-refractivity contribution is 5.96. The maximum absolute atomic E-state index is 13.1. The highest BCUT2D eigenvalue weighted by atomic mass is 19.2. The summed E-state index contributed by atoms with van der Waals surface area (Å²) < 4.78 is 30.4. The molecular formula is C14H14F2N2O3. The van der Waals surface area contributed by atoms with Gasteiger partial charge in [-0.3, -0.25) is 4.79 Å². The number of carbonyl (C=O) groups is 2. The minimum Gasteiger partial charge on any atom is -0.467 e. The van der Waals surface area contributed by atoms with Gasteiger partial charge in [0.25, 0.3) is 5.91 Å². The molecule has 1 aromatic carbocycles. The summed E-state index contributed by atoms with van der Waals surface area (Å²) in [5.41, 5.74) is -0.108. The van der Waals surface area contributed by atoms with Crippen LogP contribution in [0, 0.1) is 23.0 Å². The van der Waals surface area contributed by atoms with Gasteiger partial charge in [0.1, 0.15) is 6.04 Å². The van der Waals surface area contributed by atoms with Crippen LogP contribution < -0.4 is 5.32 Å². The van der Waals surface area contributed by atoms with Crippen LogP contribution in [0.1, 0.15) is 29.6 Å². The van der Waals surface area contributed by atoms with Gasteiger partial charge in [-0.05, 0) is 31.0 Å². The number of hydrogen-bond donors (Lipinski definition) is 1. The van der Waals surface area contributed by atoms with Crippen molar-refractivity contribution in [3.8, 4) is 6.07 Å². The van der Waals surface area contributed by atoms with Gasteiger partial charge >= 0.3 is 5.97 Å². The van der Waals surface area contributed by atoms with E-state index < -0.39 is 29.6 Å². The van der Waals surface area contributed by atoms with Crippen LogP contribution in [-0.2, 0) is 9.53 Å². The topological polar surface area (TPSA) is 79.2 Å². The van der Waals surface area contributed by atoms with Crippen molar-refractivity contribution in [3.05, 3.63) is 35.4 Å². The number of methoxy groups -OCH3 is 1. The number of benzene rings is 1. The predicted molar refractivity (Wildman–Crippen MR) is 69.1 cm³/mol. The standard InChI is InChI=1S/C14H14F2N2O3/c1-21-14(20)12(4-2-3-7-17)18-13(19)9-5-6-10(15)11(16)8-9/h5-6,8,12H,2-4H2,1H3,(H,18,19)/t12-/m0/s1. The number of nitrogens with zero attached hydrogens (tertiary/aromatic N) is 1. The van der Waals surface area contributed by atoms with E-state index in [0.717, 1.165) is 18.2 Å². The summed E-state index contributed by atoms with van der Waals surface area (Å²) in [5, 5.41) is 10.8. The molecule has 1 aromatic rings. The van der Waals surface area contributed by atoms with Gasteiger partial charge in [0.15, 0.2) is 11.6 Å². The summed E-state index contributed by atoms with van der Waals surface area (Å²) in [5.74, 6) is -3.60. The lowest BCUT2D eigenvalue weighted by Gasteiger charge is -2.16. The Labute approximate surface area is 120 Å². The molecule has 0 aliphatic rings. The van der Waals surface area contributed by atoms with Crippen LogP contribution in [-0.4, -0.2) is 25.0 Å². The van der Waals surface area contributed by atoms with Crippen molar-refractivity contribution in [2.45, 2.75) is 25.3 Å². The zero-order valence-electron chi connectivity index (χ0n) is 11.4. The molecule has 0 aromatic heterocycles. The molecule has 0 fully saturated rings. The largest absolute Gasteiger partial charge is 0.467 e. The van der Waals surface area contributed by atoms with Crippen LogP contribution in [0.25, 0.3) is 0 Å². The molecule has 0 bridgehead atoms. The van der Waals surface area contributed by atoms with Gasteiger partial charge in [0.2, 0.25) is 0 Å². The Bertz CT molecular complexity index is 570. The van der Waals surface area contributed by atoms with Gasteiger partial charge in [-0.2, -0.15) is 5.26 Å². The molecule has 0 spiro atoms. The molecule has 0 saturated carbocycles. The van der Waals surface area contributed by atoms with E-state index in [2.05, 4.69) is 10.1 Å². The summed E-state index contributed by atoms with van der Waals surface area (Å²) in [7, 11) is 1.17. The Morgan fingerprint density at radius 1 is 1.38 bits per heavy atom. The normalized spacial score (nSPS) is 11.3. The number of carbonyl (C=O) groups excluding carboxylic acids is 2. The monoisotopic (exact) mass is 296 g/mol. The molecule has 0 radical (unpaired) electrons. The van der Waals surface area contributed by atoms with Crippen molar-refractivity contribution in [1.29, 1.82) is 5.26 Å². The smallest absolute Gasteiger partial charge is 0.328 e. The minimum atomic E-state index is -1.15. The third-order valence-corrected chi connectivity index (χ3v) is 2.75. The number of nitrogens with one attached hydrogen (secondary N) is 1. The number of esters is 1. The molecule has 1 atom stereocenters. The van der Waals surface area contributed by atoms with E-state index in [1.54, 1.807) is 0 Å². The lowest BCUT2D eigenvalue weighted by atomic mass is 10.1. The summed E-state index contributed by atoms with van der Waals surface area (Å²) in [6.45, 7) is 0. The van der Waals surface area contributed by atoms with E-state index in [-0.39, 0.29) is 18.4 Å². The first-order valence-corrected chi connectivity index (χ1v) is 6.20.